The Balaban J connectivity index is 3.01. The summed E-state index contributed by atoms with van der Waals surface area (Å²) in [5, 5.41) is 9.15. The van der Waals surface area contributed by atoms with Crippen LogP contribution in [0.15, 0.2) is 18.2 Å². The van der Waals surface area contributed by atoms with Gasteiger partial charge in [0.2, 0.25) is 0 Å². The fourth-order valence-electron chi connectivity index (χ4n) is 1.07. The van der Waals surface area contributed by atoms with Crippen molar-refractivity contribution in [1.29, 1.82) is 0 Å². The Hall–Kier alpha value is -1.13. The summed E-state index contributed by atoms with van der Waals surface area (Å²) in [6, 6.07) is 3.53. The highest BCUT2D eigenvalue weighted by Crippen LogP contribution is 2.19. The third-order valence-electron chi connectivity index (χ3n) is 1.90. The molecule has 0 bridgehead atoms. The topological polar surface area (TPSA) is 72.3 Å². The van der Waals surface area contributed by atoms with E-state index in [9.17, 15) is 4.39 Å². The maximum atomic E-state index is 13.2. The molecule has 3 nitrogen and oxygen atoms in total. The second kappa shape index (κ2) is 3.72. The van der Waals surface area contributed by atoms with Crippen molar-refractivity contribution in [3.63, 3.8) is 0 Å². The first-order valence-corrected chi connectivity index (χ1v) is 4.01. The van der Waals surface area contributed by atoms with E-state index in [1.165, 1.54) is 19.1 Å². The molecule has 72 valence electrons. The van der Waals surface area contributed by atoms with Crippen molar-refractivity contribution in [2.45, 2.75) is 19.1 Å². The summed E-state index contributed by atoms with van der Waals surface area (Å²) in [6.45, 7) is 1.51. The Labute approximate surface area is 76.2 Å². The fourth-order valence-corrected chi connectivity index (χ4v) is 1.07. The number of nitrogens with two attached hydrogens (primary N) is 2. The Bertz CT molecular complexity index is 302. The summed E-state index contributed by atoms with van der Waals surface area (Å²) in [4.78, 5) is 0. The number of halogens is 1. The van der Waals surface area contributed by atoms with E-state index in [-0.39, 0.29) is 5.56 Å². The molecule has 1 aromatic rings. The summed E-state index contributed by atoms with van der Waals surface area (Å²) in [5.41, 5.74) is 11.5. The van der Waals surface area contributed by atoms with Gasteiger partial charge in [-0.2, -0.15) is 0 Å². The molecule has 13 heavy (non-hydrogen) atoms. The predicted octanol–water partition coefficient (Wildman–Crippen LogP) is 0.789. The van der Waals surface area contributed by atoms with Gasteiger partial charge >= 0.3 is 0 Å². The zero-order valence-corrected chi connectivity index (χ0v) is 7.37. The quantitative estimate of drug-likeness (QED) is 0.595. The van der Waals surface area contributed by atoms with E-state index < -0.39 is 18.0 Å². The van der Waals surface area contributed by atoms with Crippen molar-refractivity contribution in [2.75, 3.05) is 5.73 Å². The molecule has 0 radical (unpaired) electrons. The van der Waals surface area contributed by atoms with Gasteiger partial charge in [-0.3, -0.25) is 0 Å². The predicted molar refractivity (Wildman–Crippen MR) is 49.4 cm³/mol. The van der Waals surface area contributed by atoms with Crippen LogP contribution in [0.1, 0.15) is 18.5 Å². The maximum absolute atomic E-state index is 13.2. The van der Waals surface area contributed by atoms with Crippen LogP contribution in [-0.4, -0.2) is 11.2 Å². The maximum Gasteiger partial charge on any atom is 0.130 e. The number of nitrogen functional groups attached to an aromatic ring is 1. The monoisotopic (exact) mass is 184 g/mol. The van der Waals surface area contributed by atoms with Crippen molar-refractivity contribution in [3.8, 4) is 0 Å². The molecule has 0 aliphatic rings. The zero-order chi connectivity index (χ0) is 10.0. The number of aliphatic hydroxyl groups is 1. The number of hydrogen-bond acceptors (Lipinski definition) is 3. The summed E-state index contributed by atoms with van der Waals surface area (Å²) in [5.74, 6) is -0.478. The van der Waals surface area contributed by atoms with E-state index in [0.29, 0.717) is 5.69 Å². The molecular formula is C9H13FN2O. The zero-order valence-electron chi connectivity index (χ0n) is 7.37. The van der Waals surface area contributed by atoms with Gasteiger partial charge in [-0.15, -0.1) is 0 Å². The van der Waals surface area contributed by atoms with Gasteiger partial charge in [0.25, 0.3) is 0 Å². The number of anilines is 1. The van der Waals surface area contributed by atoms with E-state index >= 15 is 0 Å². The van der Waals surface area contributed by atoms with Crippen LogP contribution in [0.4, 0.5) is 10.1 Å². The first-order chi connectivity index (χ1) is 6.02. The van der Waals surface area contributed by atoms with E-state index in [0.717, 1.165) is 0 Å². The molecule has 0 spiro atoms. The number of rotatable bonds is 2. The lowest BCUT2D eigenvalue weighted by atomic mass is 10.0. The van der Waals surface area contributed by atoms with Crippen LogP contribution in [0.2, 0.25) is 0 Å². The van der Waals surface area contributed by atoms with Crippen LogP contribution in [-0.2, 0) is 0 Å². The molecule has 0 aromatic heterocycles. The number of hydrogen-bond donors (Lipinski definition) is 3. The van der Waals surface area contributed by atoms with Crippen molar-refractivity contribution < 1.29 is 9.50 Å². The van der Waals surface area contributed by atoms with Crippen LogP contribution in [0.5, 0.6) is 0 Å². The molecule has 0 amide bonds. The lowest BCUT2D eigenvalue weighted by Crippen LogP contribution is -2.24. The average Bonchev–Trinajstić information content (AvgIpc) is 2.03. The van der Waals surface area contributed by atoms with Crippen molar-refractivity contribution in [2.24, 2.45) is 5.73 Å². The third kappa shape index (κ3) is 2.17. The highest BCUT2D eigenvalue weighted by atomic mass is 19.1. The summed E-state index contributed by atoms with van der Waals surface area (Å²) < 4.78 is 13.2. The third-order valence-corrected chi connectivity index (χ3v) is 1.90. The lowest BCUT2D eigenvalue weighted by Gasteiger charge is -2.15. The van der Waals surface area contributed by atoms with Crippen molar-refractivity contribution >= 4 is 5.69 Å². The van der Waals surface area contributed by atoms with Gasteiger partial charge in [0.05, 0.1) is 12.1 Å². The number of benzene rings is 1. The molecule has 0 fully saturated rings. The normalized spacial score (nSPS) is 15.4. The highest BCUT2D eigenvalue weighted by molar-refractivity contribution is 5.41. The SMILES string of the molecule is C[C@H](O)[C@@H](N)c1ccc(N)cc1F. The van der Waals surface area contributed by atoms with Gasteiger partial charge in [0.1, 0.15) is 5.82 Å². The van der Waals surface area contributed by atoms with Crippen molar-refractivity contribution in [3.05, 3.63) is 29.6 Å². The molecule has 1 rings (SSSR count). The molecule has 0 aliphatic heterocycles. The minimum atomic E-state index is -0.780. The molecule has 0 unspecified atom stereocenters. The Kier molecular flexibility index (Phi) is 2.85. The minimum Gasteiger partial charge on any atom is -0.399 e. The van der Waals surface area contributed by atoms with E-state index in [4.69, 9.17) is 16.6 Å². The summed E-state index contributed by atoms with van der Waals surface area (Å²) >= 11 is 0. The second-order valence-electron chi connectivity index (χ2n) is 3.05. The first-order valence-electron chi connectivity index (χ1n) is 4.01. The second-order valence-corrected chi connectivity index (χ2v) is 3.05. The average molecular weight is 184 g/mol. The van der Waals surface area contributed by atoms with Gasteiger partial charge in [-0.1, -0.05) is 6.07 Å². The molecular weight excluding hydrogens is 171 g/mol. The Morgan fingerprint density at radius 3 is 2.54 bits per heavy atom. The molecule has 0 saturated carbocycles. The standard InChI is InChI=1S/C9H13FN2O/c1-5(13)9(12)7-3-2-6(11)4-8(7)10/h2-5,9,13H,11-12H2,1H3/t5-,9+/m0/s1. The lowest BCUT2D eigenvalue weighted by molar-refractivity contribution is 0.162. The fraction of sp³-hybridized carbons (Fsp3) is 0.333. The van der Waals surface area contributed by atoms with Crippen LogP contribution in [0, 0.1) is 5.82 Å². The molecule has 2 atom stereocenters. The Morgan fingerprint density at radius 1 is 1.46 bits per heavy atom. The van der Waals surface area contributed by atoms with Gasteiger partial charge in [-0.05, 0) is 19.1 Å². The van der Waals surface area contributed by atoms with Crippen LogP contribution >= 0.6 is 0 Å². The number of aliphatic hydroxyl groups excluding tert-OH is 1. The van der Waals surface area contributed by atoms with Crippen LogP contribution in [0.3, 0.4) is 0 Å². The van der Waals surface area contributed by atoms with E-state index in [1.807, 2.05) is 0 Å². The first kappa shape index (κ1) is 9.95. The van der Waals surface area contributed by atoms with Gasteiger partial charge < -0.3 is 16.6 Å². The molecule has 0 heterocycles. The molecule has 4 heteroatoms. The Morgan fingerprint density at radius 2 is 2.08 bits per heavy atom. The molecule has 1 aromatic carbocycles. The molecule has 5 N–H and O–H groups in total. The molecule has 0 saturated heterocycles. The smallest absolute Gasteiger partial charge is 0.130 e. The van der Waals surface area contributed by atoms with E-state index in [2.05, 4.69) is 0 Å². The molecule has 0 aliphatic carbocycles. The van der Waals surface area contributed by atoms with Crippen LogP contribution in [0.25, 0.3) is 0 Å². The highest BCUT2D eigenvalue weighted by Gasteiger charge is 2.15. The van der Waals surface area contributed by atoms with Crippen LogP contribution < -0.4 is 11.5 Å². The van der Waals surface area contributed by atoms with Gasteiger partial charge in [-0.25, -0.2) is 4.39 Å². The van der Waals surface area contributed by atoms with E-state index in [1.54, 1.807) is 6.07 Å². The van der Waals surface area contributed by atoms with Gasteiger partial charge in [0, 0.05) is 11.3 Å². The van der Waals surface area contributed by atoms with Gasteiger partial charge in [0.15, 0.2) is 0 Å². The largest absolute Gasteiger partial charge is 0.399 e. The van der Waals surface area contributed by atoms with Crippen molar-refractivity contribution in [1.82, 2.24) is 0 Å². The summed E-state index contributed by atoms with van der Waals surface area (Å²) in [6.07, 6.45) is -0.780. The summed E-state index contributed by atoms with van der Waals surface area (Å²) in [7, 11) is 0. The minimum absolute atomic E-state index is 0.282.